The highest BCUT2D eigenvalue weighted by Crippen LogP contribution is 2.32. The lowest BCUT2D eigenvalue weighted by Crippen LogP contribution is -2.05. The minimum atomic E-state index is 0.107. The molecule has 0 unspecified atom stereocenters. The second-order valence-electron chi connectivity index (χ2n) is 5.45. The van der Waals surface area contributed by atoms with Gasteiger partial charge in [-0.25, -0.2) is 0 Å². The molecule has 2 aromatic carbocycles. The number of hydrogen-bond acceptors (Lipinski definition) is 3. The third kappa shape index (κ3) is 4.85. The van der Waals surface area contributed by atoms with Gasteiger partial charge < -0.3 is 0 Å². The molecule has 114 valence electrons. The molecule has 2 nitrogen and oxygen atoms in total. The average molecular weight is 311 g/mol. The molecule has 0 aromatic heterocycles. The monoisotopic (exact) mass is 311 g/mol. The molecule has 0 radical (unpaired) electrons. The lowest BCUT2D eigenvalue weighted by Gasteiger charge is -2.09. The molecular formula is C19H21NOS. The minimum absolute atomic E-state index is 0.107. The Morgan fingerprint density at radius 2 is 1.68 bits per heavy atom. The number of carbonyl (C=O) groups is 1. The van der Waals surface area contributed by atoms with Gasteiger partial charge in [-0.1, -0.05) is 56.3 Å². The second kappa shape index (κ2) is 7.95. The van der Waals surface area contributed by atoms with Crippen molar-refractivity contribution in [1.29, 1.82) is 0 Å². The number of aliphatic imine (C=N–C) groups is 1. The molecule has 0 saturated heterocycles. The van der Waals surface area contributed by atoms with Gasteiger partial charge in [0.15, 0.2) is 5.78 Å². The number of hydrogen-bond donors (Lipinski definition) is 0. The Bertz CT molecular complexity index is 662. The summed E-state index contributed by atoms with van der Waals surface area (Å²) in [5.74, 6) is 0.107. The van der Waals surface area contributed by atoms with Crippen molar-refractivity contribution in [1.82, 2.24) is 0 Å². The highest BCUT2D eigenvalue weighted by molar-refractivity contribution is 8.00. The number of carbonyl (C=O) groups excluding carboxylic acids is 1. The first-order valence-corrected chi connectivity index (χ1v) is 8.32. The number of ketones is 1. The van der Waals surface area contributed by atoms with Crippen LogP contribution >= 0.6 is 11.8 Å². The fourth-order valence-corrected chi connectivity index (χ4v) is 3.01. The van der Waals surface area contributed by atoms with Gasteiger partial charge in [0, 0.05) is 27.8 Å². The van der Waals surface area contributed by atoms with E-state index >= 15 is 0 Å². The molecule has 0 amide bonds. The van der Waals surface area contributed by atoms with Crippen LogP contribution in [0, 0.1) is 0 Å². The molecule has 3 heteroatoms. The molecule has 0 aliphatic rings. The molecule has 0 aliphatic carbocycles. The zero-order valence-electron chi connectivity index (χ0n) is 13.2. The Morgan fingerprint density at radius 3 is 2.36 bits per heavy atom. The lowest BCUT2D eigenvalue weighted by molar-refractivity contribution is 0.100. The predicted molar refractivity (Wildman–Crippen MR) is 95.6 cm³/mol. The molecule has 0 spiro atoms. The van der Waals surface area contributed by atoms with Crippen LogP contribution < -0.4 is 0 Å². The van der Waals surface area contributed by atoms with Crippen LogP contribution in [-0.2, 0) is 0 Å². The summed E-state index contributed by atoms with van der Waals surface area (Å²) in [6.07, 6.45) is 0.352. The summed E-state index contributed by atoms with van der Waals surface area (Å²) in [5, 5.41) is 0.502. The Labute approximate surface area is 136 Å². The largest absolute Gasteiger partial charge is 0.294 e. The maximum atomic E-state index is 12.2. The smallest absolute Gasteiger partial charge is 0.168 e. The van der Waals surface area contributed by atoms with E-state index in [9.17, 15) is 4.79 Å². The molecule has 0 heterocycles. The van der Waals surface area contributed by atoms with E-state index < -0.39 is 0 Å². The number of benzene rings is 2. The van der Waals surface area contributed by atoms with E-state index in [4.69, 9.17) is 0 Å². The van der Waals surface area contributed by atoms with Crippen molar-refractivity contribution in [3.05, 3.63) is 60.2 Å². The van der Waals surface area contributed by atoms with Crippen LogP contribution in [0.3, 0.4) is 0 Å². The first-order chi connectivity index (χ1) is 10.6. The van der Waals surface area contributed by atoms with E-state index in [0.717, 1.165) is 21.9 Å². The van der Waals surface area contributed by atoms with E-state index in [1.807, 2.05) is 55.5 Å². The van der Waals surface area contributed by atoms with Crippen molar-refractivity contribution in [3.8, 4) is 0 Å². The van der Waals surface area contributed by atoms with E-state index in [0.29, 0.717) is 11.7 Å². The Balaban J connectivity index is 2.14. The first-order valence-electron chi connectivity index (χ1n) is 7.44. The number of para-hydroxylation sites is 1. The third-order valence-corrected chi connectivity index (χ3v) is 4.12. The minimum Gasteiger partial charge on any atom is -0.294 e. The molecule has 0 bridgehead atoms. The van der Waals surface area contributed by atoms with Gasteiger partial charge in [0.25, 0.3) is 0 Å². The Morgan fingerprint density at radius 1 is 1.05 bits per heavy atom. The summed E-state index contributed by atoms with van der Waals surface area (Å²) in [5.41, 5.74) is 2.52. The van der Waals surface area contributed by atoms with Gasteiger partial charge in [0.05, 0.1) is 5.69 Å². The summed E-state index contributed by atoms with van der Waals surface area (Å²) in [6, 6.07) is 17.5. The molecule has 2 aromatic rings. The van der Waals surface area contributed by atoms with Crippen molar-refractivity contribution in [2.45, 2.75) is 37.3 Å². The zero-order chi connectivity index (χ0) is 15.9. The molecule has 0 saturated carbocycles. The van der Waals surface area contributed by atoms with Crippen molar-refractivity contribution in [2.24, 2.45) is 4.99 Å². The lowest BCUT2D eigenvalue weighted by atomic mass is 10.1. The van der Waals surface area contributed by atoms with Gasteiger partial charge in [-0.15, -0.1) is 11.8 Å². The summed E-state index contributed by atoms with van der Waals surface area (Å²) in [6.45, 7) is 6.24. The number of Topliss-reactive ketones (excluding diaryl/α,β-unsaturated/α-hetero) is 1. The maximum Gasteiger partial charge on any atom is 0.168 e. The van der Waals surface area contributed by atoms with Crippen LogP contribution in [0.1, 0.15) is 37.6 Å². The summed E-state index contributed by atoms with van der Waals surface area (Å²) in [7, 11) is 0. The fourth-order valence-electron chi connectivity index (χ4n) is 2.11. The first kappa shape index (κ1) is 16.5. The van der Waals surface area contributed by atoms with Crippen molar-refractivity contribution < 1.29 is 4.79 Å². The van der Waals surface area contributed by atoms with Crippen LogP contribution in [0.2, 0.25) is 0 Å². The molecule has 0 aliphatic heterocycles. The summed E-state index contributed by atoms with van der Waals surface area (Å²) in [4.78, 5) is 18.0. The Hall–Kier alpha value is -1.87. The molecule has 0 fully saturated rings. The maximum absolute atomic E-state index is 12.2. The van der Waals surface area contributed by atoms with Gasteiger partial charge in [0.1, 0.15) is 0 Å². The van der Waals surface area contributed by atoms with Gasteiger partial charge in [0.2, 0.25) is 0 Å². The zero-order valence-corrected chi connectivity index (χ0v) is 14.1. The van der Waals surface area contributed by atoms with Crippen LogP contribution in [-0.4, -0.2) is 16.7 Å². The molecule has 0 atom stereocenters. The van der Waals surface area contributed by atoms with E-state index in [1.54, 1.807) is 11.8 Å². The topological polar surface area (TPSA) is 29.4 Å². The quantitative estimate of drug-likeness (QED) is 0.397. The average Bonchev–Trinajstić information content (AvgIpc) is 2.49. The van der Waals surface area contributed by atoms with Crippen LogP contribution in [0.5, 0.6) is 0 Å². The van der Waals surface area contributed by atoms with E-state index in [-0.39, 0.29) is 5.78 Å². The highest BCUT2D eigenvalue weighted by Gasteiger charge is 2.08. The molecule has 0 N–H and O–H groups in total. The standard InChI is InChI=1S/C19H21NOS/c1-14(2)22-19-12-8-7-11-17(19)20-15(3)13-18(21)16-9-5-4-6-10-16/h4-12,14H,13H2,1-3H3. The summed E-state index contributed by atoms with van der Waals surface area (Å²) < 4.78 is 0. The van der Waals surface area contributed by atoms with Crippen LogP contribution in [0.4, 0.5) is 5.69 Å². The fraction of sp³-hybridized carbons (Fsp3) is 0.263. The number of thioether (sulfide) groups is 1. The molecule has 22 heavy (non-hydrogen) atoms. The van der Waals surface area contributed by atoms with Gasteiger partial charge in [-0.2, -0.15) is 0 Å². The normalized spacial score (nSPS) is 11.7. The van der Waals surface area contributed by atoms with Gasteiger partial charge >= 0.3 is 0 Å². The van der Waals surface area contributed by atoms with Crippen LogP contribution in [0.15, 0.2) is 64.5 Å². The van der Waals surface area contributed by atoms with Crippen molar-refractivity contribution in [3.63, 3.8) is 0 Å². The second-order valence-corrected chi connectivity index (χ2v) is 7.07. The SMILES string of the molecule is CC(CC(=O)c1ccccc1)=Nc1ccccc1SC(C)C. The van der Waals surface area contributed by atoms with Crippen LogP contribution in [0.25, 0.3) is 0 Å². The highest BCUT2D eigenvalue weighted by atomic mass is 32.2. The molecular weight excluding hydrogens is 290 g/mol. The number of nitrogens with zero attached hydrogens (tertiary/aromatic N) is 1. The van der Waals surface area contributed by atoms with Gasteiger partial charge in [-0.3, -0.25) is 9.79 Å². The van der Waals surface area contributed by atoms with E-state index in [2.05, 4.69) is 24.9 Å². The number of rotatable bonds is 6. The van der Waals surface area contributed by atoms with Crippen molar-refractivity contribution in [2.75, 3.05) is 0 Å². The summed E-state index contributed by atoms with van der Waals surface area (Å²) >= 11 is 1.79. The van der Waals surface area contributed by atoms with Gasteiger partial charge in [-0.05, 0) is 19.1 Å². The predicted octanol–water partition coefficient (Wildman–Crippen LogP) is 5.55. The third-order valence-electron chi connectivity index (χ3n) is 3.05. The van der Waals surface area contributed by atoms with Crippen molar-refractivity contribution >= 4 is 28.9 Å². The van der Waals surface area contributed by atoms with E-state index in [1.165, 1.54) is 0 Å². The molecule has 2 rings (SSSR count). The Kier molecular flexibility index (Phi) is 5.96.